The van der Waals surface area contributed by atoms with Gasteiger partial charge in [0.25, 0.3) is 0 Å². The van der Waals surface area contributed by atoms with Crippen molar-refractivity contribution < 1.29 is 4.74 Å². The molecule has 1 aliphatic carbocycles. The summed E-state index contributed by atoms with van der Waals surface area (Å²) in [7, 11) is 0. The smallest absolute Gasteiger partial charge is 0.0740 e. The van der Waals surface area contributed by atoms with Crippen molar-refractivity contribution in [3.05, 3.63) is 35.0 Å². The van der Waals surface area contributed by atoms with E-state index < -0.39 is 0 Å². The summed E-state index contributed by atoms with van der Waals surface area (Å²) in [5.41, 5.74) is 11.7. The van der Waals surface area contributed by atoms with Gasteiger partial charge < -0.3 is 15.5 Å². The molecule has 1 fully saturated rings. The van der Waals surface area contributed by atoms with E-state index >= 15 is 0 Å². The van der Waals surface area contributed by atoms with Crippen molar-refractivity contribution in [1.82, 2.24) is 4.98 Å². The van der Waals surface area contributed by atoms with E-state index in [1.165, 1.54) is 40.6 Å². The number of fused-ring (bicyclic) bond motifs is 3. The van der Waals surface area contributed by atoms with Gasteiger partial charge in [-0.1, -0.05) is 18.9 Å². The molecular weight excluding hydrogens is 236 g/mol. The molecule has 0 atom stereocenters. The van der Waals surface area contributed by atoms with Crippen LogP contribution in [0.25, 0.3) is 10.9 Å². The van der Waals surface area contributed by atoms with Crippen LogP contribution < -0.4 is 5.73 Å². The summed E-state index contributed by atoms with van der Waals surface area (Å²) in [5.74, 6) is 0. The molecule has 2 aromatic rings. The van der Waals surface area contributed by atoms with Crippen LogP contribution in [0.2, 0.25) is 0 Å². The third kappa shape index (κ3) is 1.72. The van der Waals surface area contributed by atoms with Gasteiger partial charge >= 0.3 is 0 Å². The van der Waals surface area contributed by atoms with Crippen molar-refractivity contribution in [2.75, 3.05) is 6.61 Å². The third-order valence-electron chi connectivity index (χ3n) is 4.81. The highest BCUT2D eigenvalue weighted by Crippen LogP contribution is 2.38. The van der Waals surface area contributed by atoms with E-state index in [-0.39, 0.29) is 5.54 Å². The van der Waals surface area contributed by atoms with Crippen molar-refractivity contribution >= 4 is 10.9 Å². The Bertz CT molecular complexity index is 623. The van der Waals surface area contributed by atoms with Crippen LogP contribution in [0.15, 0.2) is 18.2 Å². The maximum atomic E-state index is 6.57. The van der Waals surface area contributed by atoms with E-state index in [0.29, 0.717) is 0 Å². The van der Waals surface area contributed by atoms with E-state index in [0.717, 1.165) is 32.5 Å². The molecule has 2 aliphatic rings. The second kappa shape index (κ2) is 4.09. The standard InChI is InChI=1S/C16H20N2O/c17-16(6-1-2-7-16)11-3-4-14-12(9-11)13-10-19-8-5-15(13)18-14/h3-4,9,18H,1-2,5-8,10,17H2. The van der Waals surface area contributed by atoms with Gasteiger partial charge in [-0.2, -0.15) is 0 Å². The van der Waals surface area contributed by atoms with Gasteiger partial charge in [0.15, 0.2) is 0 Å². The Morgan fingerprint density at radius 1 is 1.21 bits per heavy atom. The summed E-state index contributed by atoms with van der Waals surface area (Å²) in [5, 5.41) is 1.31. The highest BCUT2D eigenvalue weighted by molar-refractivity contribution is 5.85. The molecule has 3 heteroatoms. The number of rotatable bonds is 1. The van der Waals surface area contributed by atoms with Crippen LogP contribution in [0, 0.1) is 0 Å². The number of nitrogens with two attached hydrogens (primary N) is 1. The van der Waals surface area contributed by atoms with Gasteiger partial charge in [0.05, 0.1) is 13.2 Å². The molecule has 0 amide bonds. The zero-order valence-corrected chi connectivity index (χ0v) is 11.2. The zero-order chi connectivity index (χ0) is 12.9. The number of H-pyrrole nitrogens is 1. The summed E-state index contributed by atoms with van der Waals surface area (Å²) in [6.45, 7) is 1.56. The lowest BCUT2D eigenvalue weighted by molar-refractivity contribution is 0.111. The van der Waals surface area contributed by atoms with Crippen molar-refractivity contribution in [2.24, 2.45) is 5.73 Å². The Morgan fingerprint density at radius 3 is 2.89 bits per heavy atom. The van der Waals surface area contributed by atoms with Gasteiger partial charge in [-0.05, 0) is 30.5 Å². The quantitative estimate of drug-likeness (QED) is 0.824. The molecule has 0 radical (unpaired) electrons. The van der Waals surface area contributed by atoms with E-state index in [1.807, 2.05) is 0 Å². The number of hydrogen-bond acceptors (Lipinski definition) is 2. The fourth-order valence-corrected chi connectivity index (χ4v) is 3.63. The number of aromatic amines is 1. The molecular formula is C16H20N2O. The van der Waals surface area contributed by atoms with Gasteiger partial charge in [0, 0.05) is 34.1 Å². The number of aromatic nitrogens is 1. The maximum Gasteiger partial charge on any atom is 0.0740 e. The van der Waals surface area contributed by atoms with Gasteiger partial charge in [-0.25, -0.2) is 0 Å². The van der Waals surface area contributed by atoms with Gasteiger partial charge in [0.2, 0.25) is 0 Å². The monoisotopic (exact) mass is 256 g/mol. The summed E-state index contributed by atoms with van der Waals surface area (Å²) >= 11 is 0. The molecule has 0 spiro atoms. The average molecular weight is 256 g/mol. The lowest BCUT2D eigenvalue weighted by atomic mass is 9.88. The minimum Gasteiger partial charge on any atom is -0.376 e. The van der Waals surface area contributed by atoms with Gasteiger partial charge in [0.1, 0.15) is 0 Å². The molecule has 1 aliphatic heterocycles. The van der Waals surface area contributed by atoms with Crippen LogP contribution in [-0.4, -0.2) is 11.6 Å². The third-order valence-corrected chi connectivity index (χ3v) is 4.81. The molecule has 1 saturated carbocycles. The van der Waals surface area contributed by atoms with Crippen LogP contribution >= 0.6 is 0 Å². The topological polar surface area (TPSA) is 51.0 Å². The van der Waals surface area contributed by atoms with E-state index in [2.05, 4.69) is 23.2 Å². The number of ether oxygens (including phenoxy) is 1. The molecule has 0 bridgehead atoms. The van der Waals surface area contributed by atoms with Crippen LogP contribution in [0.3, 0.4) is 0 Å². The highest BCUT2D eigenvalue weighted by atomic mass is 16.5. The molecule has 19 heavy (non-hydrogen) atoms. The highest BCUT2D eigenvalue weighted by Gasteiger charge is 2.31. The first kappa shape index (κ1) is 11.5. The Hall–Kier alpha value is -1.32. The predicted molar refractivity (Wildman–Crippen MR) is 76.0 cm³/mol. The normalized spacial score (nSPS) is 21.7. The molecule has 0 unspecified atom stereocenters. The van der Waals surface area contributed by atoms with Crippen molar-refractivity contribution in [2.45, 2.75) is 44.2 Å². The summed E-state index contributed by atoms with van der Waals surface area (Å²) < 4.78 is 5.60. The van der Waals surface area contributed by atoms with E-state index in [9.17, 15) is 0 Å². The number of benzene rings is 1. The predicted octanol–water partition coefficient (Wildman–Crippen LogP) is 2.97. The van der Waals surface area contributed by atoms with E-state index in [4.69, 9.17) is 10.5 Å². The number of nitrogens with one attached hydrogen (secondary N) is 1. The van der Waals surface area contributed by atoms with Gasteiger partial charge in [-0.15, -0.1) is 0 Å². The molecule has 1 aromatic heterocycles. The summed E-state index contributed by atoms with van der Waals surface area (Å²) in [6, 6.07) is 6.69. The minimum atomic E-state index is -0.103. The van der Waals surface area contributed by atoms with Crippen LogP contribution in [0.4, 0.5) is 0 Å². The van der Waals surface area contributed by atoms with Crippen LogP contribution in [-0.2, 0) is 23.3 Å². The first-order valence-corrected chi connectivity index (χ1v) is 7.27. The molecule has 3 nitrogen and oxygen atoms in total. The summed E-state index contributed by atoms with van der Waals surface area (Å²) in [6.07, 6.45) is 5.72. The van der Waals surface area contributed by atoms with Crippen molar-refractivity contribution in [1.29, 1.82) is 0 Å². The molecule has 0 saturated heterocycles. The average Bonchev–Trinajstić information content (AvgIpc) is 3.02. The Balaban J connectivity index is 1.86. The SMILES string of the molecule is NC1(c2ccc3[nH]c4c(c3c2)COCC4)CCCC1. The van der Waals surface area contributed by atoms with Crippen LogP contribution in [0.5, 0.6) is 0 Å². The Morgan fingerprint density at radius 2 is 2.05 bits per heavy atom. The molecule has 2 heterocycles. The molecule has 1 aromatic carbocycles. The second-order valence-electron chi connectivity index (χ2n) is 6.01. The second-order valence-corrected chi connectivity index (χ2v) is 6.01. The summed E-state index contributed by atoms with van der Waals surface area (Å²) in [4.78, 5) is 3.53. The largest absolute Gasteiger partial charge is 0.376 e. The van der Waals surface area contributed by atoms with Crippen molar-refractivity contribution in [3.63, 3.8) is 0 Å². The van der Waals surface area contributed by atoms with E-state index in [1.54, 1.807) is 0 Å². The first-order valence-electron chi connectivity index (χ1n) is 7.27. The fraction of sp³-hybridized carbons (Fsp3) is 0.500. The Labute approximate surface area is 113 Å². The van der Waals surface area contributed by atoms with Crippen LogP contribution in [0.1, 0.15) is 42.5 Å². The number of hydrogen-bond donors (Lipinski definition) is 2. The minimum absolute atomic E-state index is 0.103. The maximum absolute atomic E-state index is 6.57. The Kier molecular flexibility index (Phi) is 2.47. The first-order chi connectivity index (χ1) is 9.26. The molecule has 4 rings (SSSR count). The van der Waals surface area contributed by atoms with Gasteiger partial charge in [-0.3, -0.25) is 0 Å². The molecule has 100 valence electrons. The molecule has 3 N–H and O–H groups in total. The fourth-order valence-electron chi connectivity index (χ4n) is 3.63. The zero-order valence-electron chi connectivity index (χ0n) is 11.2. The lowest BCUT2D eigenvalue weighted by Crippen LogP contribution is -2.32. The lowest BCUT2D eigenvalue weighted by Gasteiger charge is -2.24. The van der Waals surface area contributed by atoms with Crippen molar-refractivity contribution in [3.8, 4) is 0 Å².